The molecule has 0 aliphatic carbocycles. The summed E-state index contributed by atoms with van der Waals surface area (Å²) >= 11 is 0. The summed E-state index contributed by atoms with van der Waals surface area (Å²) < 4.78 is 23.2. The first-order valence-corrected chi connectivity index (χ1v) is 8.90. The van der Waals surface area contributed by atoms with Gasteiger partial charge in [-0.05, 0) is 31.7 Å². The van der Waals surface area contributed by atoms with Gasteiger partial charge in [0.15, 0.2) is 9.84 Å². The van der Waals surface area contributed by atoms with E-state index in [1.807, 2.05) is 0 Å². The molecule has 2 aliphatic heterocycles. The third-order valence-electron chi connectivity index (χ3n) is 4.54. The lowest BCUT2D eigenvalue weighted by Crippen LogP contribution is -2.52. The Kier molecular flexibility index (Phi) is 4.20. The molecule has 0 aromatic carbocycles. The van der Waals surface area contributed by atoms with Gasteiger partial charge in [0.1, 0.15) is 0 Å². The van der Waals surface area contributed by atoms with E-state index in [1.54, 1.807) is 0 Å². The topological polar surface area (TPSA) is 75.3 Å². The van der Waals surface area contributed by atoms with Crippen molar-refractivity contribution >= 4 is 15.7 Å². The number of amides is 1. The van der Waals surface area contributed by atoms with Crippen molar-refractivity contribution in [1.82, 2.24) is 10.6 Å². The Hall–Kier alpha value is -0.620. The zero-order valence-electron chi connectivity index (χ0n) is 11.7. The Labute approximate surface area is 115 Å². The molecule has 6 heteroatoms. The zero-order valence-corrected chi connectivity index (χ0v) is 12.6. The zero-order chi connectivity index (χ0) is 14.1. The van der Waals surface area contributed by atoms with Gasteiger partial charge in [0.2, 0.25) is 5.91 Å². The summed E-state index contributed by atoms with van der Waals surface area (Å²) in [5.74, 6) is 0.633. The van der Waals surface area contributed by atoms with Crippen molar-refractivity contribution in [3.8, 4) is 0 Å². The predicted octanol–water partition coefficient (Wildman–Crippen LogP) is 0.316. The van der Waals surface area contributed by atoms with Crippen LogP contribution >= 0.6 is 0 Å². The standard InChI is InChI=1S/C13H24N2O3S/c1-10(2)13(5-6-14-9-13)12(16)15-11-4-3-7-19(17,18)8-11/h10-11,14H,3-9H2,1-2H3,(H,15,16). The maximum absolute atomic E-state index is 12.5. The molecule has 110 valence electrons. The summed E-state index contributed by atoms with van der Waals surface area (Å²) in [5.41, 5.74) is -0.374. The second-order valence-corrected chi connectivity index (χ2v) is 8.39. The van der Waals surface area contributed by atoms with Gasteiger partial charge in [0, 0.05) is 12.6 Å². The SMILES string of the molecule is CC(C)C1(C(=O)NC2CCCS(=O)(=O)C2)CCNC1. The molecule has 2 saturated heterocycles. The van der Waals surface area contributed by atoms with Crippen molar-refractivity contribution in [2.24, 2.45) is 11.3 Å². The van der Waals surface area contributed by atoms with Gasteiger partial charge in [0.05, 0.1) is 16.9 Å². The van der Waals surface area contributed by atoms with Gasteiger partial charge in [-0.25, -0.2) is 8.42 Å². The molecule has 2 fully saturated rings. The van der Waals surface area contributed by atoms with Crippen LogP contribution < -0.4 is 10.6 Å². The smallest absolute Gasteiger partial charge is 0.228 e. The van der Waals surface area contributed by atoms with E-state index in [4.69, 9.17) is 0 Å². The molecule has 2 aliphatic rings. The van der Waals surface area contributed by atoms with Gasteiger partial charge < -0.3 is 10.6 Å². The summed E-state index contributed by atoms with van der Waals surface area (Å²) in [6.07, 6.45) is 2.25. The average molecular weight is 288 g/mol. The molecule has 0 spiro atoms. The molecule has 2 N–H and O–H groups in total. The lowest BCUT2D eigenvalue weighted by atomic mass is 9.75. The highest BCUT2D eigenvalue weighted by molar-refractivity contribution is 7.91. The van der Waals surface area contributed by atoms with Crippen LogP contribution in [0.15, 0.2) is 0 Å². The Morgan fingerprint density at radius 1 is 1.42 bits per heavy atom. The number of carbonyl (C=O) groups is 1. The fraction of sp³-hybridized carbons (Fsp3) is 0.923. The van der Waals surface area contributed by atoms with Gasteiger partial charge in [0.25, 0.3) is 0 Å². The first-order chi connectivity index (χ1) is 8.86. The molecule has 19 heavy (non-hydrogen) atoms. The molecule has 2 atom stereocenters. The molecule has 2 unspecified atom stereocenters. The Morgan fingerprint density at radius 2 is 2.16 bits per heavy atom. The average Bonchev–Trinajstić information content (AvgIpc) is 2.77. The highest BCUT2D eigenvalue weighted by atomic mass is 32.2. The largest absolute Gasteiger partial charge is 0.352 e. The van der Waals surface area contributed by atoms with Gasteiger partial charge in [-0.2, -0.15) is 0 Å². The number of carbonyl (C=O) groups excluding carboxylic acids is 1. The van der Waals surface area contributed by atoms with Gasteiger partial charge in [-0.3, -0.25) is 4.79 Å². The first kappa shape index (κ1) is 14.8. The van der Waals surface area contributed by atoms with Gasteiger partial charge in [-0.1, -0.05) is 13.8 Å². The molecular weight excluding hydrogens is 264 g/mol. The van der Waals surface area contributed by atoms with E-state index >= 15 is 0 Å². The van der Waals surface area contributed by atoms with Crippen LogP contribution in [0, 0.1) is 11.3 Å². The summed E-state index contributed by atoms with van der Waals surface area (Å²) in [6, 6.07) is -0.206. The predicted molar refractivity (Wildman–Crippen MR) is 74.6 cm³/mol. The van der Waals surface area contributed by atoms with Gasteiger partial charge >= 0.3 is 0 Å². The number of rotatable bonds is 3. The van der Waals surface area contributed by atoms with E-state index < -0.39 is 9.84 Å². The number of nitrogens with one attached hydrogen (secondary N) is 2. The van der Waals surface area contributed by atoms with Crippen molar-refractivity contribution < 1.29 is 13.2 Å². The minimum atomic E-state index is -2.97. The fourth-order valence-electron chi connectivity index (χ4n) is 3.13. The van der Waals surface area contributed by atoms with Crippen LogP contribution in [0.25, 0.3) is 0 Å². The molecule has 5 nitrogen and oxygen atoms in total. The normalized spacial score (nSPS) is 34.4. The number of sulfone groups is 1. The van der Waals surface area contributed by atoms with Crippen LogP contribution in [0.3, 0.4) is 0 Å². The third kappa shape index (κ3) is 3.11. The Balaban J connectivity index is 2.04. The second kappa shape index (κ2) is 5.40. The number of hydrogen-bond donors (Lipinski definition) is 2. The monoisotopic (exact) mass is 288 g/mol. The third-order valence-corrected chi connectivity index (χ3v) is 6.36. The van der Waals surface area contributed by atoms with Crippen molar-refractivity contribution in [3.05, 3.63) is 0 Å². The van der Waals surface area contributed by atoms with E-state index in [-0.39, 0.29) is 34.8 Å². The molecular formula is C13H24N2O3S. The lowest BCUT2D eigenvalue weighted by molar-refractivity contribution is -0.133. The van der Waals surface area contributed by atoms with Crippen molar-refractivity contribution in [2.45, 2.75) is 39.2 Å². The summed E-state index contributed by atoms with van der Waals surface area (Å²) in [4.78, 5) is 12.5. The van der Waals surface area contributed by atoms with Crippen LogP contribution in [0.5, 0.6) is 0 Å². The maximum atomic E-state index is 12.5. The van der Waals surface area contributed by atoms with Crippen molar-refractivity contribution in [2.75, 3.05) is 24.6 Å². The van der Waals surface area contributed by atoms with Crippen molar-refractivity contribution in [3.63, 3.8) is 0 Å². The molecule has 0 bridgehead atoms. The molecule has 2 heterocycles. The van der Waals surface area contributed by atoms with E-state index in [0.29, 0.717) is 13.0 Å². The summed E-state index contributed by atoms with van der Waals surface area (Å²) in [6.45, 7) is 5.67. The Morgan fingerprint density at radius 3 is 2.68 bits per heavy atom. The first-order valence-electron chi connectivity index (χ1n) is 7.08. The highest BCUT2D eigenvalue weighted by Gasteiger charge is 2.44. The van der Waals surface area contributed by atoms with E-state index in [9.17, 15) is 13.2 Å². The van der Waals surface area contributed by atoms with Crippen LogP contribution in [0.4, 0.5) is 0 Å². The van der Waals surface area contributed by atoms with Crippen LogP contribution in [0.1, 0.15) is 33.1 Å². The van der Waals surface area contributed by atoms with Crippen LogP contribution in [-0.4, -0.2) is 45.0 Å². The van der Waals surface area contributed by atoms with Crippen LogP contribution in [-0.2, 0) is 14.6 Å². The van der Waals surface area contributed by atoms with E-state index in [0.717, 1.165) is 19.4 Å². The minimum absolute atomic E-state index is 0.0228. The fourth-order valence-corrected chi connectivity index (χ4v) is 4.76. The number of hydrogen-bond acceptors (Lipinski definition) is 4. The van der Waals surface area contributed by atoms with E-state index in [2.05, 4.69) is 24.5 Å². The Bertz CT molecular complexity index is 439. The molecule has 2 rings (SSSR count). The van der Waals surface area contributed by atoms with E-state index in [1.165, 1.54) is 0 Å². The second-order valence-electron chi connectivity index (χ2n) is 6.16. The minimum Gasteiger partial charge on any atom is -0.352 e. The summed E-state index contributed by atoms with van der Waals surface area (Å²) in [5, 5.41) is 6.23. The van der Waals surface area contributed by atoms with Crippen molar-refractivity contribution in [1.29, 1.82) is 0 Å². The highest BCUT2D eigenvalue weighted by Crippen LogP contribution is 2.34. The quantitative estimate of drug-likeness (QED) is 0.784. The molecule has 0 radical (unpaired) electrons. The maximum Gasteiger partial charge on any atom is 0.228 e. The summed E-state index contributed by atoms with van der Waals surface area (Å²) in [7, 11) is -2.97. The molecule has 0 aromatic heterocycles. The molecule has 1 amide bonds. The van der Waals surface area contributed by atoms with Gasteiger partial charge in [-0.15, -0.1) is 0 Å². The molecule has 0 aromatic rings. The lowest BCUT2D eigenvalue weighted by Gasteiger charge is -2.34. The van der Waals surface area contributed by atoms with Crippen LogP contribution in [0.2, 0.25) is 0 Å². The molecule has 0 saturated carbocycles.